The van der Waals surface area contributed by atoms with E-state index in [9.17, 15) is 18.8 Å². The Morgan fingerprint density at radius 1 is 1.39 bits per heavy atom. The van der Waals surface area contributed by atoms with Crippen molar-refractivity contribution >= 4 is 39.0 Å². The highest BCUT2D eigenvalue weighted by Crippen LogP contribution is 2.30. The Morgan fingerprint density at radius 3 is 2.86 bits per heavy atom. The number of rotatable bonds is 5. The molecular formula is C19H16FN3O4S. The number of anilines is 1. The molecule has 2 heterocycles. The minimum Gasteiger partial charge on any atom is -0.461 e. The first-order valence-corrected chi connectivity index (χ1v) is 9.25. The van der Waals surface area contributed by atoms with Gasteiger partial charge in [-0.2, -0.15) is 9.78 Å². The van der Waals surface area contributed by atoms with Gasteiger partial charge in [0.2, 0.25) is 5.91 Å². The molecule has 1 N–H and O–H groups in total. The van der Waals surface area contributed by atoms with Gasteiger partial charge in [-0.05, 0) is 38.1 Å². The van der Waals surface area contributed by atoms with Crippen LogP contribution in [0.5, 0.6) is 0 Å². The van der Waals surface area contributed by atoms with Crippen molar-refractivity contribution in [2.24, 2.45) is 0 Å². The van der Waals surface area contributed by atoms with Gasteiger partial charge in [0.1, 0.15) is 10.8 Å². The maximum Gasteiger partial charge on any atom is 0.359 e. The van der Waals surface area contributed by atoms with E-state index in [1.165, 1.54) is 24.3 Å². The number of esters is 1. The van der Waals surface area contributed by atoms with Gasteiger partial charge in [0.25, 0.3) is 5.56 Å². The normalized spacial score (nSPS) is 11.1. The molecule has 0 fully saturated rings. The molecule has 0 atom stereocenters. The minimum absolute atomic E-state index is 0.0940. The summed E-state index contributed by atoms with van der Waals surface area (Å²) in [6, 6.07) is 5.27. The molecule has 3 aromatic rings. The lowest BCUT2D eigenvalue weighted by atomic mass is 10.2. The van der Waals surface area contributed by atoms with E-state index in [0.29, 0.717) is 0 Å². The molecule has 0 aliphatic heterocycles. The Morgan fingerprint density at radius 2 is 2.18 bits per heavy atom. The zero-order chi connectivity index (χ0) is 20.3. The van der Waals surface area contributed by atoms with E-state index in [4.69, 9.17) is 4.74 Å². The second kappa shape index (κ2) is 8.13. The highest BCUT2D eigenvalue weighted by molar-refractivity contribution is 7.16. The number of allylic oxidation sites excluding steroid dienone is 1. The van der Waals surface area contributed by atoms with Crippen molar-refractivity contribution in [2.75, 3.05) is 11.9 Å². The van der Waals surface area contributed by atoms with Crippen LogP contribution in [0, 0.1) is 5.82 Å². The van der Waals surface area contributed by atoms with Crippen LogP contribution < -0.4 is 10.9 Å². The van der Waals surface area contributed by atoms with Gasteiger partial charge in [0, 0.05) is 10.8 Å². The van der Waals surface area contributed by atoms with E-state index >= 15 is 0 Å². The van der Waals surface area contributed by atoms with Crippen molar-refractivity contribution in [2.45, 2.75) is 13.8 Å². The lowest BCUT2D eigenvalue weighted by Crippen LogP contribution is -2.25. The summed E-state index contributed by atoms with van der Waals surface area (Å²) >= 11 is 1.09. The fourth-order valence-corrected chi connectivity index (χ4v) is 3.52. The summed E-state index contributed by atoms with van der Waals surface area (Å²) < 4.78 is 19.6. The summed E-state index contributed by atoms with van der Waals surface area (Å²) in [5.41, 5.74) is -0.538. The summed E-state index contributed by atoms with van der Waals surface area (Å²) in [4.78, 5) is 37.4. The van der Waals surface area contributed by atoms with Gasteiger partial charge in [0.05, 0.1) is 17.7 Å². The largest absolute Gasteiger partial charge is 0.461 e. The molecule has 2 aromatic heterocycles. The maximum atomic E-state index is 13.7. The first-order valence-electron chi connectivity index (χ1n) is 8.37. The number of halogens is 1. The van der Waals surface area contributed by atoms with Crippen LogP contribution in [0.25, 0.3) is 16.5 Å². The maximum absolute atomic E-state index is 13.7. The van der Waals surface area contributed by atoms with Crippen LogP contribution in [0.1, 0.15) is 24.3 Å². The van der Waals surface area contributed by atoms with Gasteiger partial charge < -0.3 is 10.1 Å². The Hall–Kier alpha value is -3.33. The van der Waals surface area contributed by atoms with E-state index in [1.54, 1.807) is 25.3 Å². The number of nitrogens with zero attached hydrogens (tertiary/aromatic N) is 2. The van der Waals surface area contributed by atoms with Crippen molar-refractivity contribution in [3.8, 4) is 5.69 Å². The molecule has 0 aliphatic rings. The Kier molecular flexibility index (Phi) is 5.65. The number of hydrogen-bond acceptors (Lipinski definition) is 6. The monoisotopic (exact) mass is 401 g/mol. The lowest BCUT2D eigenvalue weighted by molar-refractivity contribution is -0.111. The molecule has 0 radical (unpaired) electrons. The molecule has 0 unspecified atom stereocenters. The molecular weight excluding hydrogens is 385 g/mol. The van der Waals surface area contributed by atoms with Crippen molar-refractivity contribution in [3.05, 3.63) is 63.7 Å². The first-order chi connectivity index (χ1) is 13.5. The number of hydrogen-bond donors (Lipinski definition) is 1. The lowest BCUT2D eigenvalue weighted by Gasteiger charge is -2.09. The zero-order valence-corrected chi connectivity index (χ0v) is 15.9. The van der Waals surface area contributed by atoms with Gasteiger partial charge >= 0.3 is 5.97 Å². The molecule has 0 saturated heterocycles. The second-order valence-corrected chi connectivity index (χ2v) is 6.49. The second-order valence-electron chi connectivity index (χ2n) is 5.61. The third-order valence-corrected chi connectivity index (χ3v) is 4.62. The van der Waals surface area contributed by atoms with Gasteiger partial charge in [-0.1, -0.05) is 12.1 Å². The fraction of sp³-hybridized carbons (Fsp3) is 0.158. The third-order valence-electron chi connectivity index (χ3n) is 3.73. The highest BCUT2D eigenvalue weighted by atomic mass is 32.1. The van der Waals surface area contributed by atoms with Crippen molar-refractivity contribution in [1.29, 1.82) is 0 Å². The topological polar surface area (TPSA) is 90.3 Å². The number of ether oxygens (including phenoxy) is 1. The van der Waals surface area contributed by atoms with Gasteiger partial charge in [-0.15, -0.1) is 11.3 Å². The average molecular weight is 401 g/mol. The van der Waals surface area contributed by atoms with E-state index in [2.05, 4.69) is 10.4 Å². The number of benzene rings is 1. The molecule has 9 heteroatoms. The molecule has 1 aromatic carbocycles. The van der Waals surface area contributed by atoms with Crippen molar-refractivity contribution in [3.63, 3.8) is 0 Å². The SMILES string of the molecule is C/C=C/C(=O)Nc1scc2c(C(=O)OCC)nn(-c3cccc(F)c3)c(=O)c12. The minimum atomic E-state index is -0.721. The molecule has 0 saturated carbocycles. The van der Waals surface area contributed by atoms with Gasteiger partial charge in [-0.25, -0.2) is 9.18 Å². The number of carbonyl (C=O) groups is 2. The summed E-state index contributed by atoms with van der Waals surface area (Å²) in [5, 5.41) is 8.90. The van der Waals surface area contributed by atoms with Crippen LogP contribution in [-0.4, -0.2) is 28.3 Å². The summed E-state index contributed by atoms with van der Waals surface area (Å²) in [5.74, 6) is -1.70. The molecule has 3 rings (SSSR count). The molecule has 0 bridgehead atoms. The summed E-state index contributed by atoms with van der Waals surface area (Å²) in [6.07, 6.45) is 2.87. The molecule has 1 amide bonds. The Labute approximate surface area is 163 Å². The third kappa shape index (κ3) is 3.70. The predicted molar refractivity (Wildman–Crippen MR) is 105 cm³/mol. The van der Waals surface area contributed by atoms with E-state index in [0.717, 1.165) is 22.1 Å². The summed E-state index contributed by atoms with van der Waals surface area (Å²) in [7, 11) is 0. The smallest absolute Gasteiger partial charge is 0.359 e. The standard InChI is InChI=1S/C19H16FN3O4S/c1-3-6-14(24)21-17-15-13(10-28-17)16(19(26)27-4-2)22-23(18(15)25)12-8-5-7-11(20)9-12/h3,5-10H,4H2,1-2H3,(H,21,24)/b6-3+. The molecule has 0 spiro atoms. The molecule has 0 aliphatic carbocycles. The van der Waals surface area contributed by atoms with Gasteiger partial charge in [-0.3, -0.25) is 9.59 Å². The zero-order valence-electron chi connectivity index (χ0n) is 15.1. The molecule has 144 valence electrons. The van der Waals surface area contributed by atoms with Crippen LogP contribution in [0.3, 0.4) is 0 Å². The van der Waals surface area contributed by atoms with E-state index in [-0.39, 0.29) is 33.8 Å². The van der Waals surface area contributed by atoms with Crippen LogP contribution in [0.2, 0.25) is 0 Å². The highest BCUT2D eigenvalue weighted by Gasteiger charge is 2.23. The number of aromatic nitrogens is 2. The quantitative estimate of drug-likeness (QED) is 0.523. The fourth-order valence-electron chi connectivity index (χ4n) is 2.58. The number of nitrogens with one attached hydrogen (secondary N) is 1. The number of fused-ring (bicyclic) bond motifs is 1. The van der Waals surface area contributed by atoms with Gasteiger partial charge in [0.15, 0.2) is 5.69 Å². The van der Waals surface area contributed by atoms with E-state index < -0.39 is 23.3 Å². The van der Waals surface area contributed by atoms with Crippen molar-refractivity contribution in [1.82, 2.24) is 9.78 Å². The van der Waals surface area contributed by atoms with Crippen LogP contribution in [0.4, 0.5) is 9.39 Å². The number of carbonyl (C=O) groups excluding carboxylic acids is 2. The van der Waals surface area contributed by atoms with Crippen LogP contribution in [-0.2, 0) is 9.53 Å². The summed E-state index contributed by atoms with van der Waals surface area (Å²) in [6.45, 7) is 3.45. The van der Waals surface area contributed by atoms with Crippen LogP contribution >= 0.6 is 11.3 Å². The first kappa shape index (κ1) is 19.4. The van der Waals surface area contributed by atoms with Crippen molar-refractivity contribution < 1.29 is 18.7 Å². The number of thiophene rings is 1. The molecule has 28 heavy (non-hydrogen) atoms. The molecule has 7 nitrogen and oxygen atoms in total. The Bertz CT molecular complexity index is 1150. The average Bonchev–Trinajstić information content (AvgIpc) is 3.06. The number of amides is 1. The predicted octanol–water partition coefficient (Wildman–Crippen LogP) is 3.28. The Balaban J connectivity index is 2.29. The van der Waals surface area contributed by atoms with Crippen LogP contribution in [0.15, 0.2) is 46.6 Å². The van der Waals surface area contributed by atoms with E-state index in [1.807, 2.05) is 0 Å².